The molecule has 4 nitrogen and oxygen atoms in total. The summed E-state index contributed by atoms with van der Waals surface area (Å²) in [5, 5.41) is 11.8. The van der Waals surface area contributed by atoms with Gasteiger partial charge in [-0.25, -0.2) is 0 Å². The Kier molecular flexibility index (Phi) is 5.66. The lowest BCUT2D eigenvalue weighted by atomic mass is 10.1. The Balaban J connectivity index is 2.07. The first-order valence-corrected chi connectivity index (χ1v) is 8.30. The molecule has 0 aliphatic heterocycles. The van der Waals surface area contributed by atoms with E-state index in [0.717, 1.165) is 12.8 Å². The van der Waals surface area contributed by atoms with E-state index < -0.39 is 0 Å². The van der Waals surface area contributed by atoms with Gasteiger partial charge in [-0.3, -0.25) is 9.78 Å². The smallest absolute Gasteiger partial charge is 0.252 e. The highest BCUT2D eigenvalue weighted by Crippen LogP contribution is 2.39. The van der Waals surface area contributed by atoms with Crippen LogP contribution in [-0.4, -0.2) is 40.2 Å². The number of aliphatic hydroxyl groups excluding tert-OH is 1. The average molecular weight is 304 g/mol. The van der Waals surface area contributed by atoms with Gasteiger partial charge in [0.25, 0.3) is 5.91 Å². The zero-order valence-corrected chi connectivity index (χ0v) is 13.0. The van der Waals surface area contributed by atoms with Crippen LogP contribution in [0.15, 0.2) is 18.5 Å². The van der Waals surface area contributed by atoms with Gasteiger partial charge in [0.15, 0.2) is 0 Å². The summed E-state index contributed by atoms with van der Waals surface area (Å²) < 4.78 is 0.180. The minimum absolute atomic E-state index is 0.125. The van der Waals surface area contributed by atoms with E-state index >= 15 is 0 Å². The molecule has 1 aromatic rings. The molecule has 2 N–H and O–H groups in total. The molecule has 1 aliphatic rings. The van der Waals surface area contributed by atoms with Crippen molar-refractivity contribution in [3.63, 3.8) is 0 Å². The first-order valence-electron chi connectivity index (χ1n) is 7.08. The standard InChI is InChI=1S/C16H20N2O2S/c1-21-16(7-2-3-8-16)12-18-15(20)14-6-9-17-11-13(14)5-4-10-19/h6,9,11,19H,2-3,7-8,10,12H2,1H3,(H,18,20). The van der Waals surface area contributed by atoms with Crippen LogP contribution in [0.5, 0.6) is 0 Å². The van der Waals surface area contributed by atoms with E-state index in [2.05, 4.69) is 28.4 Å². The third-order valence-electron chi connectivity index (χ3n) is 3.89. The number of pyridine rings is 1. The zero-order valence-electron chi connectivity index (χ0n) is 12.2. The van der Waals surface area contributed by atoms with Crippen LogP contribution in [0.4, 0.5) is 0 Å². The van der Waals surface area contributed by atoms with Crippen molar-refractivity contribution in [2.45, 2.75) is 30.4 Å². The van der Waals surface area contributed by atoms with Gasteiger partial charge in [-0.2, -0.15) is 11.8 Å². The maximum atomic E-state index is 12.4. The molecule has 0 bridgehead atoms. The molecule has 0 atom stereocenters. The maximum absolute atomic E-state index is 12.4. The lowest BCUT2D eigenvalue weighted by Crippen LogP contribution is -2.38. The Labute approximate surface area is 129 Å². The monoisotopic (exact) mass is 304 g/mol. The van der Waals surface area contributed by atoms with Crippen molar-refractivity contribution in [1.29, 1.82) is 0 Å². The summed E-state index contributed by atoms with van der Waals surface area (Å²) in [6.45, 7) is 0.452. The lowest BCUT2D eigenvalue weighted by Gasteiger charge is -2.27. The fourth-order valence-electron chi connectivity index (χ4n) is 2.64. The van der Waals surface area contributed by atoms with Crippen LogP contribution < -0.4 is 5.32 Å². The van der Waals surface area contributed by atoms with E-state index in [4.69, 9.17) is 5.11 Å². The van der Waals surface area contributed by atoms with Gasteiger partial charge in [0.2, 0.25) is 0 Å². The maximum Gasteiger partial charge on any atom is 0.252 e. The number of carbonyl (C=O) groups is 1. The molecule has 0 radical (unpaired) electrons. The molecule has 0 unspecified atom stereocenters. The number of thioether (sulfide) groups is 1. The largest absolute Gasteiger partial charge is 0.384 e. The summed E-state index contributed by atoms with van der Waals surface area (Å²) in [5.41, 5.74) is 1.06. The summed E-state index contributed by atoms with van der Waals surface area (Å²) in [4.78, 5) is 16.3. The Hall–Kier alpha value is -1.51. The molecule has 0 aromatic carbocycles. The molecule has 1 aromatic heterocycles. The molecular formula is C16H20N2O2S. The van der Waals surface area contributed by atoms with Crippen molar-refractivity contribution < 1.29 is 9.90 Å². The second-order valence-electron chi connectivity index (χ2n) is 5.16. The summed E-state index contributed by atoms with van der Waals surface area (Å²) in [5.74, 6) is 5.20. The summed E-state index contributed by atoms with van der Waals surface area (Å²) in [6, 6.07) is 1.66. The molecule has 2 rings (SSSR count). The van der Waals surface area contributed by atoms with Crippen LogP contribution in [0.25, 0.3) is 0 Å². The molecule has 0 saturated heterocycles. The van der Waals surface area contributed by atoms with Crippen LogP contribution in [0.3, 0.4) is 0 Å². The van der Waals surface area contributed by atoms with Gasteiger partial charge >= 0.3 is 0 Å². The zero-order chi connectivity index (χ0) is 15.1. The van der Waals surface area contributed by atoms with Crippen LogP contribution in [-0.2, 0) is 0 Å². The average Bonchev–Trinajstić information content (AvgIpc) is 3.00. The number of carbonyl (C=O) groups excluding carboxylic acids is 1. The van der Waals surface area contributed by atoms with Gasteiger partial charge in [0.1, 0.15) is 6.61 Å². The normalized spacial score (nSPS) is 16.1. The van der Waals surface area contributed by atoms with E-state index in [1.54, 1.807) is 18.5 Å². The summed E-state index contributed by atoms with van der Waals surface area (Å²) in [7, 11) is 0. The van der Waals surface area contributed by atoms with E-state index in [1.807, 2.05) is 11.8 Å². The Morgan fingerprint density at radius 2 is 2.29 bits per heavy atom. The highest BCUT2D eigenvalue weighted by molar-refractivity contribution is 8.00. The molecule has 112 valence electrons. The molecule has 1 amide bonds. The number of nitrogens with zero attached hydrogens (tertiary/aromatic N) is 1. The van der Waals surface area contributed by atoms with Crippen LogP contribution in [0.2, 0.25) is 0 Å². The second-order valence-corrected chi connectivity index (χ2v) is 6.43. The first kappa shape index (κ1) is 15.9. The van der Waals surface area contributed by atoms with Crippen LogP contribution >= 0.6 is 11.8 Å². The fraction of sp³-hybridized carbons (Fsp3) is 0.500. The quantitative estimate of drug-likeness (QED) is 0.833. The van der Waals surface area contributed by atoms with Gasteiger partial charge in [-0.1, -0.05) is 24.7 Å². The summed E-state index contributed by atoms with van der Waals surface area (Å²) in [6.07, 6.45) is 10.0. The highest BCUT2D eigenvalue weighted by Gasteiger charge is 2.33. The van der Waals surface area contributed by atoms with Crippen molar-refractivity contribution in [2.24, 2.45) is 0 Å². The van der Waals surface area contributed by atoms with Gasteiger partial charge in [-0.15, -0.1) is 0 Å². The Morgan fingerprint density at radius 3 is 2.95 bits per heavy atom. The minimum Gasteiger partial charge on any atom is -0.384 e. The van der Waals surface area contributed by atoms with Gasteiger partial charge in [0, 0.05) is 23.7 Å². The number of aromatic nitrogens is 1. The van der Waals surface area contributed by atoms with Crippen molar-refractivity contribution in [1.82, 2.24) is 10.3 Å². The Morgan fingerprint density at radius 1 is 1.52 bits per heavy atom. The van der Waals surface area contributed by atoms with Crippen LogP contribution in [0, 0.1) is 11.8 Å². The molecule has 5 heteroatoms. The van der Waals surface area contributed by atoms with Crippen molar-refractivity contribution >= 4 is 17.7 Å². The molecular weight excluding hydrogens is 284 g/mol. The molecule has 1 heterocycles. The van der Waals surface area contributed by atoms with Crippen molar-refractivity contribution in [3.05, 3.63) is 29.6 Å². The van der Waals surface area contributed by atoms with Gasteiger partial charge in [0.05, 0.1) is 11.1 Å². The van der Waals surface area contributed by atoms with E-state index in [-0.39, 0.29) is 17.3 Å². The number of nitrogens with one attached hydrogen (secondary N) is 1. The molecule has 1 aliphatic carbocycles. The van der Waals surface area contributed by atoms with Crippen molar-refractivity contribution in [2.75, 3.05) is 19.4 Å². The molecule has 1 saturated carbocycles. The topological polar surface area (TPSA) is 62.2 Å². The number of amides is 1. The fourth-order valence-corrected chi connectivity index (χ4v) is 3.55. The van der Waals surface area contributed by atoms with Gasteiger partial charge in [-0.05, 0) is 25.2 Å². The molecule has 1 fully saturated rings. The third-order valence-corrected chi connectivity index (χ3v) is 5.31. The van der Waals surface area contributed by atoms with Gasteiger partial charge < -0.3 is 10.4 Å². The third kappa shape index (κ3) is 3.99. The highest BCUT2D eigenvalue weighted by atomic mass is 32.2. The lowest BCUT2D eigenvalue weighted by molar-refractivity contribution is 0.0949. The first-order chi connectivity index (χ1) is 10.2. The molecule has 0 spiro atoms. The number of aliphatic hydroxyl groups is 1. The van der Waals surface area contributed by atoms with E-state index in [0.29, 0.717) is 17.7 Å². The Bertz CT molecular complexity index is 557. The minimum atomic E-state index is -0.231. The number of hydrogen-bond donors (Lipinski definition) is 2. The van der Waals surface area contributed by atoms with Crippen LogP contribution in [0.1, 0.15) is 41.6 Å². The molecule has 21 heavy (non-hydrogen) atoms. The second kappa shape index (κ2) is 7.48. The number of rotatable bonds is 4. The SMILES string of the molecule is CSC1(CNC(=O)c2ccncc2C#CCO)CCCC1. The van der Waals surface area contributed by atoms with E-state index in [9.17, 15) is 4.79 Å². The summed E-state index contributed by atoms with van der Waals surface area (Å²) >= 11 is 1.85. The van der Waals surface area contributed by atoms with E-state index in [1.165, 1.54) is 12.8 Å². The predicted molar refractivity (Wildman–Crippen MR) is 85.2 cm³/mol. The number of hydrogen-bond acceptors (Lipinski definition) is 4. The van der Waals surface area contributed by atoms with Crippen molar-refractivity contribution in [3.8, 4) is 11.8 Å². The predicted octanol–water partition coefficient (Wildman–Crippen LogP) is 1.83.